The molecule has 6 nitrogen and oxygen atoms in total. The molecule has 2 N–H and O–H groups in total. The first kappa shape index (κ1) is 36.0. The minimum atomic E-state index is -4.60. The molecule has 4 bridgehead atoms. The first-order valence-corrected chi connectivity index (χ1v) is 21.0. The average molecular weight is 730 g/mol. The van der Waals surface area contributed by atoms with Crippen molar-refractivity contribution in [3.63, 3.8) is 0 Å². The van der Waals surface area contributed by atoms with Gasteiger partial charge in [0.2, 0.25) is 10.0 Å². The first-order chi connectivity index (χ1) is 23.6. The van der Waals surface area contributed by atoms with E-state index in [2.05, 4.69) is 39.8 Å². The van der Waals surface area contributed by atoms with E-state index < -0.39 is 55.5 Å². The van der Waals surface area contributed by atoms with Gasteiger partial charge in [-0.25, -0.2) is 8.42 Å². The second kappa shape index (κ2) is 11.0. The highest BCUT2D eigenvalue weighted by atomic mass is 32.2. The molecule has 280 valence electrons. The Morgan fingerprint density at radius 3 is 2.31 bits per heavy atom. The van der Waals surface area contributed by atoms with E-state index in [1.54, 1.807) is 4.31 Å². The number of rotatable bonds is 7. The molecule has 9 aliphatic carbocycles. The molecule has 51 heavy (non-hydrogen) atoms. The zero-order valence-corrected chi connectivity index (χ0v) is 31.4. The number of carbonyl (C=O) groups is 1. The molecule has 0 amide bonds. The van der Waals surface area contributed by atoms with Gasteiger partial charge in [0, 0.05) is 40.5 Å². The number of fused-ring (bicyclic) bond motifs is 3. The number of allylic oxidation sites excluding steroid dienone is 4. The third-order valence-corrected chi connectivity index (χ3v) is 18.0. The Morgan fingerprint density at radius 1 is 0.961 bits per heavy atom. The Kier molecular flexibility index (Phi) is 7.79. The van der Waals surface area contributed by atoms with Crippen LogP contribution in [-0.4, -0.2) is 59.8 Å². The number of hydrogen-bond acceptors (Lipinski definition) is 5. The molecule has 0 radical (unpaired) electrons. The van der Waals surface area contributed by atoms with Crippen LogP contribution in [0.1, 0.15) is 108 Å². The van der Waals surface area contributed by atoms with Gasteiger partial charge >= 0.3 is 6.18 Å². The number of aliphatic hydroxyl groups excluding tert-OH is 1. The summed E-state index contributed by atoms with van der Waals surface area (Å²) in [5, 5.41) is 23.9. The second-order valence-electron chi connectivity index (χ2n) is 19.0. The van der Waals surface area contributed by atoms with Crippen LogP contribution in [0.2, 0.25) is 0 Å². The van der Waals surface area contributed by atoms with E-state index in [9.17, 15) is 36.6 Å². The van der Waals surface area contributed by atoms with Gasteiger partial charge < -0.3 is 10.2 Å². The molecule has 10 heteroatoms. The predicted octanol–water partition coefficient (Wildman–Crippen LogP) is 7.81. The number of nitrogens with zero attached hydrogens (tertiary/aromatic N) is 1. The van der Waals surface area contributed by atoms with Gasteiger partial charge in [0.1, 0.15) is 0 Å². The van der Waals surface area contributed by atoms with Crippen LogP contribution in [0.15, 0.2) is 48.1 Å². The minimum Gasteiger partial charge on any atom is -0.393 e. The maximum atomic E-state index is 14.8. The van der Waals surface area contributed by atoms with E-state index in [4.69, 9.17) is 0 Å². The maximum Gasteiger partial charge on any atom is 0.416 e. The van der Waals surface area contributed by atoms with Gasteiger partial charge in [-0.2, -0.15) is 17.5 Å². The zero-order valence-electron chi connectivity index (χ0n) is 30.6. The highest BCUT2D eigenvalue weighted by Gasteiger charge is 2.74. The van der Waals surface area contributed by atoms with Crippen molar-refractivity contribution in [3.05, 3.63) is 59.2 Å². The summed E-state index contributed by atoms with van der Waals surface area (Å²) in [5.74, 6) is 0.668. The number of benzene rings is 1. The van der Waals surface area contributed by atoms with Gasteiger partial charge in [-0.1, -0.05) is 58.1 Å². The lowest BCUT2D eigenvalue weighted by Gasteiger charge is -2.71. The van der Waals surface area contributed by atoms with Crippen molar-refractivity contribution in [3.8, 4) is 0 Å². The van der Waals surface area contributed by atoms with E-state index in [0.29, 0.717) is 62.5 Å². The predicted molar refractivity (Wildman–Crippen MR) is 189 cm³/mol. The average Bonchev–Trinajstić information content (AvgIpc) is 3.33. The molecule has 9 aliphatic rings. The monoisotopic (exact) mass is 729 g/mol. The van der Waals surface area contributed by atoms with Gasteiger partial charge in [-0.15, -0.1) is 0 Å². The lowest BCUT2D eigenvalue weighted by atomic mass is 9.32. The highest BCUT2D eigenvalue weighted by molar-refractivity contribution is 7.88. The first-order valence-electron chi connectivity index (χ1n) is 19.1. The van der Waals surface area contributed by atoms with Crippen LogP contribution in [0.3, 0.4) is 0 Å². The molecule has 1 aromatic carbocycles. The topological polar surface area (TPSA) is 94.9 Å². The van der Waals surface area contributed by atoms with Crippen LogP contribution in [-0.2, 0) is 16.2 Å². The lowest BCUT2D eigenvalue weighted by Crippen LogP contribution is -2.67. The number of hydrogen-bond donors (Lipinski definition) is 2. The van der Waals surface area contributed by atoms with Gasteiger partial charge in [0.05, 0.1) is 23.5 Å². The fourth-order valence-electron chi connectivity index (χ4n) is 13.6. The number of ketones is 1. The largest absolute Gasteiger partial charge is 0.416 e. The van der Waals surface area contributed by atoms with Crippen LogP contribution < -0.4 is 0 Å². The number of carbonyl (C=O) groups excluding carboxylic acids is 1. The van der Waals surface area contributed by atoms with Crippen molar-refractivity contribution in [2.45, 2.75) is 110 Å². The van der Waals surface area contributed by atoms with Gasteiger partial charge in [-0.3, -0.25) is 4.79 Å². The highest BCUT2D eigenvalue weighted by Crippen LogP contribution is 2.78. The number of aliphatic hydroxyl groups is 2. The fraction of sp³-hybridized carbons (Fsp3) is 0.732. The molecular formula is C41H54F3NO5S. The van der Waals surface area contributed by atoms with Crippen molar-refractivity contribution < 1.29 is 36.6 Å². The summed E-state index contributed by atoms with van der Waals surface area (Å²) in [5.41, 5.74) is -4.12. The summed E-state index contributed by atoms with van der Waals surface area (Å²) in [6, 6.07) is 4.66. The number of alkyl halides is 3. The number of halogens is 3. The summed E-state index contributed by atoms with van der Waals surface area (Å²) in [7, 11) is -3.66. The van der Waals surface area contributed by atoms with Crippen molar-refractivity contribution >= 4 is 15.8 Å². The molecule has 0 aromatic heterocycles. The van der Waals surface area contributed by atoms with Gasteiger partial charge in [0.25, 0.3) is 0 Å². The van der Waals surface area contributed by atoms with E-state index in [1.807, 2.05) is 6.08 Å². The summed E-state index contributed by atoms with van der Waals surface area (Å²) in [4.78, 5) is 14.8. The summed E-state index contributed by atoms with van der Waals surface area (Å²) in [6.07, 6.45) is 9.68. The molecule has 11 unspecified atom stereocenters. The molecule has 11 atom stereocenters. The zero-order chi connectivity index (χ0) is 36.8. The van der Waals surface area contributed by atoms with E-state index in [1.165, 1.54) is 18.4 Å². The molecule has 6 saturated carbocycles. The summed E-state index contributed by atoms with van der Waals surface area (Å²) >= 11 is 0. The molecule has 10 rings (SSSR count). The molecule has 6 fully saturated rings. The molecule has 0 aliphatic heterocycles. The molecule has 0 heterocycles. The maximum absolute atomic E-state index is 14.8. The summed E-state index contributed by atoms with van der Waals surface area (Å²) < 4.78 is 70.2. The Balaban J connectivity index is 1.19. The van der Waals surface area contributed by atoms with Crippen molar-refractivity contribution in [2.75, 3.05) is 19.3 Å². The third-order valence-electron chi connectivity index (χ3n) is 16.8. The Bertz CT molecular complexity index is 1820. The summed E-state index contributed by atoms with van der Waals surface area (Å²) in [6.45, 7) is 9.30. The molecule has 1 aromatic rings. The Hall–Kier alpha value is -2.01. The van der Waals surface area contributed by atoms with Crippen LogP contribution in [0.5, 0.6) is 0 Å². The Labute approximate surface area is 301 Å². The lowest BCUT2D eigenvalue weighted by molar-refractivity contribution is -0.174. The standard InChI is InChI=1S/C41H54F3NO5S/c1-35(2)27-10-9-26(30(35)20-27)23-45(51(5,49)50)24-39(48)16-13-33-37(39,4)15-12-32-36(3)14-11-29(46)21-38(36)17-18-40(32,33)31(22-38)34(47)25-7-6-8-28(19-25)41(42,43)44/h6-8,17-19,22,26-27,29-30,32-33,46,48H,9-16,20-21,23-24H2,1-5H3. The number of Topliss-reactive ketones (excluding diaryl/α,β-unsaturated/α-hetero) is 1. The van der Waals surface area contributed by atoms with Crippen LogP contribution in [0.25, 0.3) is 0 Å². The minimum absolute atomic E-state index is 0.00953. The Morgan fingerprint density at radius 2 is 1.65 bits per heavy atom. The molecule has 0 saturated heterocycles. The van der Waals surface area contributed by atoms with E-state index in [0.717, 1.165) is 37.8 Å². The number of sulfonamides is 1. The SMILES string of the molecule is CC1(C)C2CCC(CN(CC3(O)CCC4C56C=CC7(C=C5C(=O)c5cccc(C(F)(F)F)c5)CC(O)CCC7(C)C6CCC43C)S(C)(=O)=O)C1C2. The fourth-order valence-corrected chi connectivity index (χ4v) is 14.6. The molecular weight excluding hydrogens is 676 g/mol. The quantitative estimate of drug-likeness (QED) is 0.221. The molecule has 2 spiro atoms. The van der Waals surface area contributed by atoms with Crippen LogP contribution >= 0.6 is 0 Å². The second-order valence-corrected chi connectivity index (χ2v) is 21.0. The van der Waals surface area contributed by atoms with Crippen molar-refractivity contribution in [1.82, 2.24) is 4.31 Å². The third kappa shape index (κ3) is 4.83. The van der Waals surface area contributed by atoms with E-state index in [-0.39, 0.29) is 40.7 Å². The smallest absolute Gasteiger partial charge is 0.393 e. The van der Waals surface area contributed by atoms with Crippen LogP contribution in [0.4, 0.5) is 13.2 Å². The van der Waals surface area contributed by atoms with Gasteiger partial charge in [-0.05, 0) is 117 Å². The normalized spacial score (nSPS) is 45.0. The van der Waals surface area contributed by atoms with Crippen molar-refractivity contribution in [1.29, 1.82) is 0 Å². The van der Waals surface area contributed by atoms with Crippen molar-refractivity contribution in [2.24, 2.45) is 56.7 Å². The van der Waals surface area contributed by atoms with Crippen LogP contribution in [0, 0.1) is 56.7 Å². The van der Waals surface area contributed by atoms with Gasteiger partial charge in [0.15, 0.2) is 5.78 Å². The van der Waals surface area contributed by atoms with E-state index >= 15 is 0 Å².